The average Bonchev–Trinajstić information content (AvgIpc) is 2.76. The molecule has 0 bridgehead atoms. The zero-order valence-corrected chi connectivity index (χ0v) is 10.1. The Balaban J connectivity index is 2.01. The molecule has 0 saturated heterocycles. The van der Waals surface area contributed by atoms with Gasteiger partial charge in [0.1, 0.15) is 0 Å². The second kappa shape index (κ2) is 4.62. The van der Waals surface area contributed by atoms with Gasteiger partial charge in [0, 0.05) is 25.1 Å². The van der Waals surface area contributed by atoms with Crippen molar-refractivity contribution in [3.05, 3.63) is 58.7 Å². The van der Waals surface area contributed by atoms with Gasteiger partial charge in [0.2, 0.25) is 0 Å². The van der Waals surface area contributed by atoms with Crippen LogP contribution in [0.2, 0.25) is 0 Å². The van der Waals surface area contributed by atoms with Crippen LogP contribution >= 0.6 is 0 Å². The van der Waals surface area contributed by atoms with E-state index < -0.39 is 0 Å². The predicted molar refractivity (Wildman–Crippen MR) is 68.5 cm³/mol. The number of fused-ring (bicyclic) bond motifs is 1. The SMILES string of the molecule is NCc1cc(Cn2nc3cnccn3c2=O)ccn1. The Bertz CT molecular complexity index is 775. The highest BCUT2D eigenvalue weighted by atomic mass is 16.2. The average molecular weight is 256 g/mol. The van der Waals surface area contributed by atoms with Gasteiger partial charge in [-0.15, -0.1) is 5.10 Å². The molecule has 0 atom stereocenters. The van der Waals surface area contributed by atoms with Crippen molar-refractivity contribution in [3.8, 4) is 0 Å². The van der Waals surface area contributed by atoms with Gasteiger partial charge in [-0.25, -0.2) is 13.9 Å². The lowest BCUT2D eigenvalue weighted by atomic mass is 10.2. The van der Waals surface area contributed by atoms with Crippen molar-refractivity contribution in [2.24, 2.45) is 5.73 Å². The third-order valence-corrected chi connectivity index (χ3v) is 2.81. The van der Waals surface area contributed by atoms with Gasteiger partial charge in [0.05, 0.1) is 18.4 Å². The molecule has 19 heavy (non-hydrogen) atoms. The van der Waals surface area contributed by atoms with Crippen LogP contribution in [0.15, 0.2) is 41.7 Å². The topological polar surface area (TPSA) is 91.1 Å². The Morgan fingerprint density at radius 3 is 3.00 bits per heavy atom. The molecule has 3 rings (SSSR count). The van der Waals surface area contributed by atoms with E-state index in [1.165, 1.54) is 9.08 Å². The molecule has 2 N–H and O–H groups in total. The third-order valence-electron chi connectivity index (χ3n) is 2.81. The zero-order chi connectivity index (χ0) is 13.2. The van der Waals surface area contributed by atoms with Crippen LogP contribution in [0.25, 0.3) is 5.65 Å². The van der Waals surface area contributed by atoms with E-state index in [1.54, 1.807) is 24.8 Å². The summed E-state index contributed by atoms with van der Waals surface area (Å²) in [6, 6.07) is 3.71. The number of pyridine rings is 1. The second-order valence-electron chi connectivity index (χ2n) is 4.10. The maximum absolute atomic E-state index is 12.1. The summed E-state index contributed by atoms with van der Waals surface area (Å²) < 4.78 is 2.85. The molecule has 0 unspecified atom stereocenters. The summed E-state index contributed by atoms with van der Waals surface area (Å²) in [6.07, 6.45) is 6.38. The molecule has 0 amide bonds. The van der Waals surface area contributed by atoms with Crippen LogP contribution in [-0.4, -0.2) is 24.1 Å². The van der Waals surface area contributed by atoms with Crippen LogP contribution in [0.1, 0.15) is 11.3 Å². The van der Waals surface area contributed by atoms with Gasteiger partial charge in [-0.1, -0.05) is 0 Å². The van der Waals surface area contributed by atoms with Crippen LogP contribution < -0.4 is 11.4 Å². The van der Waals surface area contributed by atoms with E-state index in [9.17, 15) is 4.79 Å². The molecule has 0 aliphatic rings. The molecule has 0 saturated carbocycles. The first kappa shape index (κ1) is 11.5. The maximum atomic E-state index is 12.1. The Morgan fingerprint density at radius 1 is 1.32 bits per heavy atom. The monoisotopic (exact) mass is 256 g/mol. The molecule has 3 aromatic heterocycles. The van der Waals surface area contributed by atoms with Crippen molar-refractivity contribution in [1.82, 2.24) is 24.1 Å². The molecule has 0 radical (unpaired) electrons. The summed E-state index contributed by atoms with van der Waals surface area (Å²) in [7, 11) is 0. The number of nitrogens with two attached hydrogens (primary N) is 1. The van der Waals surface area contributed by atoms with Gasteiger partial charge in [-0.05, 0) is 17.7 Å². The molecule has 96 valence electrons. The highest BCUT2D eigenvalue weighted by molar-refractivity contribution is 5.32. The standard InChI is InChI=1S/C12H12N6O/c13-6-10-5-9(1-2-15-10)8-18-12(19)17-4-3-14-7-11(17)16-18/h1-5,7H,6,8,13H2. The van der Waals surface area contributed by atoms with Gasteiger partial charge in [-0.2, -0.15) is 0 Å². The summed E-state index contributed by atoms with van der Waals surface area (Å²) in [5.74, 6) is 0. The summed E-state index contributed by atoms with van der Waals surface area (Å²) in [6.45, 7) is 0.758. The number of hydrogen-bond donors (Lipinski definition) is 1. The van der Waals surface area contributed by atoms with Crippen molar-refractivity contribution >= 4 is 5.65 Å². The molecule has 3 heterocycles. The minimum Gasteiger partial charge on any atom is -0.325 e. The first-order chi connectivity index (χ1) is 9.28. The van der Waals surface area contributed by atoms with Gasteiger partial charge in [0.15, 0.2) is 5.65 Å². The molecule has 0 fully saturated rings. The van der Waals surface area contributed by atoms with Crippen molar-refractivity contribution in [2.45, 2.75) is 13.1 Å². The Labute approximate surface area is 108 Å². The molecule has 0 aromatic carbocycles. The van der Waals surface area contributed by atoms with E-state index in [4.69, 9.17) is 5.73 Å². The van der Waals surface area contributed by atoms with Crippen LogP contribution in [0, 0.1) is 0 Å². The number of rotatable bonds is 3. The molecule has 7 heteroatoms. The third kappa shape index (κ3) is 2.11. The molecule has 0 spiro atoms. The molecule has 0 aliphatic carbocycles. The lowest BCUT2D eigenvalue weighted by Crippen LogP contribution is -2.21. The van der Waals surface area contributed by atoms with E-state index >= 15 is 0 Å². The minimum absolute atomic E-state index is 0.191. The molecule has 7 nitrogen and oxygen atoms in total. The Kier molecular flexibility index (Phi) is 2.81. The van der Waals surface area contributed by atoms with Crippen molar-refractivity contribution < 1.29 is 0 Å². The fourth-order valence-electron chi connectivity index (χ4n) is 1.89. The van der Waals surface area contributed by atoms with Gasteiger partial charge in [0.25, 0.3) is 0 Å². The van der Waals surface area contributed by atoms with E-state index in [2.05, 4.69) is 15.1 Å². The normalized spacial score (nSPS) is 11.0. The van der Waals surface area contributed by atoms with Gasteiger partial charge >= 0.3 is 5.69 Å². The van der Waals surface area contributed by atoms with Gasteiger partial charge in [-0.3, -0.25) is 9.97 Å². The lowest BCUT2D eigenvalue weighted by molar-refractivity contribution is 0.657. The van der Waals surface area contributed by atoms with Crippen molar-refractivity contribution in [2.75, 3.05) is 0 Å². The van der Waals surface area contributed by atoms with E-state index in [0.717, 1.165) is 11.3 Å². The highest BCUT2D eigenvalue weighted by Gasteiger charge is 2.07. The fourth-order valence-corrected chi connectivity index (χ4v) is 1.89. The summed E-state index contributed by atoms with van der Waals surface area (Å²) in [4.78, 5) is 20.1. The predicted octanol–water partition coefficient (Wildman–Crippen LogP) is -0.207. The van der Waals surface area contributed by atoms with Crippen LogP contribution in [0.3, 0.4) is 0 Å². The number of nitrogens with zero attached hydrogens (tertiary/aromatic N) is 5. The number of aromatic nitrogens is 5. The summed E-state index contributed by atoms with van der Waals surface area (Å²) >= 11 is 0. The van der Waals surface area contributed by atoms with E-state index in [0.29, 0.717) is 18.7 Å². The Hall–Kier alpha value is -2.54. The molecule has 3 aromatic rings. The highest BCUT2D eigenvalue weighted by Crippen LogP contribution is 2.03. The van der Waals surface area contributed by atoms with E-state index in [-0.39, 0.29) is 5.69 Å². The lowest BCUT2D eigenvalue weighted by Gasteiger charge is -2.02. The fraction of sp³-hybridized carbons (Fsp3) is 0.167. The number of hydrogen-bond acceptors (Lipinski definition) is 5. The van der Waals surface area contributed by atoms with Crippen LogP contribution in [0.5, 0.6) is 0 Å². The van der Waals surface area contributed by atoms with E-state index in [1.807, 2.05) is 12.1 Å². The smallest absolute Gasteiger partial charge is 0.325 e. The first-order valence-electron chi connectivity index (χ1n) is 5.81. The summed E-state index contributed by atoms with van der Waals surface area (Å²) in [5.41, 5.74) is 7.61. The van der Waals surface area contributed by atoms with Crippen LogP contribution in [-0.2, 0) is 13.1 Å². The first-order valence-corrected chi connectivity index (χ1v) is 5.81. The zero-order valence-electron chi connectivity index (χ0n) is 10.1. The largest absolute Gasteiger partial charge is 0.350 e. The molecular formula is C12H12N6O. The summed E-state index contributed by atoms with van der Waals surface area (Å²) in [5, 5.41) is 4.22. The Morgan fingerprint density at radius 2 is 2.21 bits per heavy atom. The maximum Gasteiger partial charge on any atom is 0.350 e. The second-order valence-corrected chi connectivity index (χ2v) is 4.10. The minimum atomic E-state index is -0.191. The molecular weight excluding hydrogens is 244 g/mol. The quantitative estimate of drug-likeness (QED) is 0.700. The van der Waals surface area contributed by atoms with Gasteiger partial charge < -0.3 is 5.73 Å². The van der Waals surface area contributed by atoms with Crippen molar-refractivity contribution in [1.29, 1.82) is 0 Å². The molecule has 0 aliphatic heterocycles. The van der Waals surface area contributed by atoms with Crippen molar-refractivity contribution in [3.63, 3.8) is 0 Å². The van der Waals surface area contributed by atoms with Crippen LogP contribution in [0.4, 0.5) is 0 Å².